The van der Waals surface area contributed by atoms with Gasteiger partial charge in [0.2, 0.25) is 5.82 Å². The van der Waals surface area contributed by atoms with E-state index in [1.54, 1.807) is 0 Å². The van der Waals surface area contributed by atoms with Crippen molar-refractivity contribution in [3.05, 3.63) is 36.0 Å². The molecule has 84 valence electrons. The number of primary amides is 1. The Morgan fingerprint density at radius 2 is 2.24 bits per heavy atom. The van der Waals surface area contributed by atoms with E-state index in [4.69, 9.17) is 16.7 Å². The molecule has 2 rings (SSSR count). The summed E-state index contributed by atoms with van der Waals surface area (Å²) in [5.74, 6) is -0.317. The van der Waals surface area contributed by atoms with Gasteiger partial charge in [0.05, 0.1) is 17.4 Å². The van der Waals surface area contributed by atoms with E-state index in [2.05, 4.69) is 9.97 Å². The number of nitrogens with two attached hydrogens (primary N) is 2. The highest BCUT2D eigenvalue weighted by Crippen LogP contribution is 2.15. The Bertz CT molecular complexity index is 624. The Kier molecular flexibility index (Phi) is 2.46. The highest BCUT2D eigenvalue weighted by atomic mass is 16.1. The van der Waals surface area contributed by atoms with Crippen LogP contribution < -0.4 is 11.5 Å². The molecule has 0 aliphatic heterocycles. The Hall–Kier alpha value is -2.88. The number of nitrogens with zero attached hydrogens (tertiary/aromatic N) is 4. The smallest absolute Gasteiger partial charge is 0.252 e. The van der Waals surface area contributed by atoms with E-state index in [0.717, 1.165) is 0 Å². The lowest BCUT2D eigenvalue weighted by Gasteiger charge is -2.07. The molecule has 7 nitrogen and oxygen atoms in total. The molecule has 0 unspecified atom stereocenters. The second kappa shape index (κ2) is 3.94. The summed E-state index contributed by atoms with van der Waals surface area (Å²) in [6.45, 7) is 0. The first-order valence-electron chi connectivity index (χ1n) is 4.62. The Morgan fingerprint density at radius 1 is 1.47 bits per heavy atom. The number of carbonyl (C=O) groups is 1. The van der Waals surface area contributed by atoms with E-state index >= 15 is 0 Å². The molecule has 2 heterocycles. The molecule has 0 bridgehead atoms. The van der Waals surface area contributed by atoms with Crippen LogP contribution in [-0.4, -0.2) is 20.4 Å². The fourth-order valence-corrected chi connectivity index (χ4v) is 1.40. The lowest BCUT2D eigenvalue weighted by molar-refractivity contribution is 0.1000. The van der Waals surface area contributed by atoms with Gasteiger partial charge in [-0.05, 0) is 6.07 Å². The second-order valence-corrected chi connectivity index (χ2v) is 3.24. The van der Waals surface area contributed by atoms with Crippen LogP contribution in [0.5, 0.6) is 0 Å². The van der Waals surface area contributed by atoms with Crippen molar-refractivity contribution in [3.63, 3.8) is 0 Å². The number of nitriles is 1. The second-order valence-electron chi connectivity index (χ2n) is 3.24. The van der Waals surface area contributed by atoms with Gasteiger partial charge in [0.1, 0.15) is 6.07 Å². The van der Waals surface area contributed by atoms with Crippen LogP contribution in [0.25, 0.3) is 5.82 Å². The largest absolute Gasteiger partial charge is 0.397 e. The molecule has 0 spiro atoms. The predicted octanol–water partition coefficient (Wildman–Crippen LogP) is -0.180. The molecule has 0 saturated heterocycles. The number of rotatable bonds is 2. The van der Waals surface area contributed by atoms with Crippen molar-refractivity contribution >= 4 is 11.6 Å². The number of imidazole rings is 1. The van der Waals surface area contributed by atoms with E-state index in [9.17, 15) is 4.79 Å². The fourth-order valence-electron chi connectivity index (χ4n) is 1.40. The maximum absolute atomic E-state index is 11.3. The first kappa shape index (κ1) is 10.6. The average Bonchev–Trinajstić information content (AvgIpc) is 2.76. The number of anilines is 1. The normalized spacial score (nSPS) is 9.82. The number of amides is 1. The predicted molar refractivity (Wildman–Crippen MR) is 59.0 cm³/mol. The van der Waals surface area contributed by atoms with Gasteiger partial charge in [-0.2, -0.15) is 5.26 Å². The van der Waals surface area contributed by atoms with Gasteiger partial charge in [-0.15, -0.1) is 0 Å². The van der Waals surface area contributed by atoms with E-state index in [1.807, 2.05) is 6.07 Å². The molecule has 2 aromatic heterocycles. The van der Waals surface area contributed by atoms with Crippen LogP contribution in [0.1, 0.15) is 16.2 Å². The summed E-state index contributed by atoms with van der Waals surface area (Å²) in [4.78, 5) is 19.1. The molecule has 0 atom stereocenters. The maximum atomic E-state index is 11.3. The van der Waals surface area contributed by atoms with Crippen molar-refractivity contribution in [1.29, 1.82) is 5.26 Å². The minimum Gasteiger partial charge on any atom is -0.397 e. The first-order valence-corrected chi connectivity index (χ1v) is 4.62. The highest BCUT2D eigenvalue weighted by molar-refractivity contribution is 5.96. The van der Waals surface area contributed by atoms with E-state index in [-0.39, 0.29) is 17.2 Å². The zero-order valence-electron chi connectivity index (χ0n) is 8.66. The Balaban J connectivity index is 2.68. The van der Waals surface area contributed by atoms with Gasteiger partial charge in [-0.3, -0.25) is 9.36 Å². The zero-order chi connectivity index (χ0) is 12.4. The molecule has 0 saturated carbocycles. The van der Waals surface area contributed by atoms with Crippen molar-refractivity contribution < 1.29 is 4.79 Å². The molecule has 0 fully saturated rings. The number of aromatic nitrogens is 3. The van der Waals surface area contributed by atoms with Gasteiger partial charge in [0.25, 0.3) is 5.91 Å². The zero-order valence-corrected chi connectivity index (χ0v) is 8.66. The molecule has 0 aromatic carbocycles. The Labute approximate surface area is 96.3 Å². The molecule has 2 aromatic rings. The summed E-state index contributed by atoms with van der Waals surface area (Å²) in [5, 5.41) is 8.85. The molecule has 0 aliphatic rings. The topological polar surface area (TPSA) is 124 Å². The number of hydrogen-bond acceptors (Lipinski definition) is 5. The fraction of sp³-hybridized carbons (Fsp3) is 0. The monoisotopic (exact) mass is 228 g/mol. The molecular weight excluding hydrogens is 220 g/mol. The van der Waals surface area contributed by atoms with E-state index < -0.39 is 5.91 Å². The van der Waals surface area contributed by atoms with E-state index in [1.165, 1.54) is 29.2 Å². The van der Waals surface area contributed by atoms with Crippen LogP contribution >= 0.6 is 0 Å². The standard InChI is InChI=1S/C10H8N6O/c11-4-8-14-1-2-16(8)10-7(9(13)17)3-6(12)5-15-10/h1-3,5H,12H2,(H2,13,17). The van der Waals surface area contributed by atoms with Gasteiger partial charge in [-0.1, -0.05) is 0 Å². The number of carbonyl (C=O) groups excluding carboxylic acids is 1. The third-order valence-electron chi connectivity index (χ3n) is 2.12. The molecular formula is C10H8N6O. The molecule has 0 radical (unpaired) electrons. The first-order chi connectivity index (χ1) is 8.13. The maximum Gasteiger partial charge on any atom is 0.252 e. The summed E-state index contributed by atoms with van der Waals surface area (Å²) in [6, 6.07) is 3.29. The summed E-state index contributed by atoms with van der Waals surface area (Å²) >= 11 is 0. The van der Waals surface area contributed by atoms with Crippen LogP contribution in [0.4, 0.5) is 5.69 Å². The summed E-state index contributed by atoms with van der Waals surface area (Å²) in [6.07, 6.45) is 4.33. The van der Waals surface area contributed by atoms with Crippen molar-refractivity contribution in [2.24, 2.45) is 5.73 Å². The number of nitrogen functional groups attached to an aromatic ring is 1. The van der Waals surface area contributed by atoms with Gasteiger partial charge in [0, 0.05) is 12.4 Å². The van der Waals surface area contributed by atoms with Crippen LogP contribution in [0.2, 0.25) is 0 Å². The van der Waals surface area contributed by atoms with Crippen LogP contribution in [0, 0.1) is 11.3 Å². The highest BCUT2D eigenvalue weighted by Gasteiger charge is 2.14. The third-order valence-corrected chi connectivity index (χ3v) is 2.12. The lowest BCUT2D eigenvalue weighted by atomic mass is 10.2. The number of pyridine rings is 1. The molecule has 0 aliphatic carbocycles. The van der Waals surface area contributed by atoms with Gasteiger partial charge < -0.3 is 11.5 Å². The van der Waals surface area contributed by atoms with Crippen LogP contribution in [0.15, 0.2) is 24.7 Å². The third kappa shape index (κ3) is 1.79. The summed E-state index contributed by atoms with van der Waals surface area (Å²) in [5.41, 5.74) is 11.2. The van der Waals surface area contributed by atoms with Crippen molar-refractivity contribution in [2.45, 2.75) is 0 Å². The minimum absolute atomic E-state index is 0.116. The van der Waals surface area contributed by atoms with Gasteiger partial charge in [-0.25, -0.2) is 9.97 Å². The molecule has 1 amide bonds. The molecule has 17 heavy (non-hydrogen) atoms. The van der Waals surface area contributed by atoms with Crippen molar-refractivity contribution in [3.8, 4) is 11.9 Å². The van der Waals surface area contributed by atoms with Crippen molar-refractivity contribution in [2.75, 3.05) is 5.73 Å². The summed E-state index contributed by atoms with van der Waals surface area (Å²) < 4.78 is 1.37. The van der Waals surface area contributed by atoms with Crippen LogP contribution in [-0.2, 0) is 0 Å². The number of hydrogen-bond donors (Lipinski definition) is 2. The summed E-state index contributed by atoms with van der Waals surface area (Å²) in [7, 11) is 0. The molecule has 4 N–H and O–H groups in total. The quantitative estimate of drug-likeness (QED) is 0.737. The molecule has 7 heteroatoms. The average molecular weight is 228 g/mol. The Morgan fingerprint density at radius 3 is 2.88 bits per heavy atom. The van der Waals surface area contributed by atoms with Gasteiger partial charge >= 0.3 is 0 Å². The van der Waals surface area contributed by atoms with Gasteiger partial charge in [0.15, 0.2) is 5.82 Å². The van der Waals surface area contributed by atoms with Crippen LogP contribution in [0.3, 0.4) is 0 Å². The van der Waals surface area contributed by atoms with Crippen molar-refractivity contribution in [1.82, 2.24) is 14.5 Å². The SMILES string of the molecule is N#Cc1nccn1-c1ncc(N)cc1C(N)=O. The lowest BCUT2D eigenvalue weighted by Crippen LogP contribution is -2.16. The minimum atomic E-state index is -0.669. The van der Waals surface area contributed by atoms with E-state index in [0.29, 0.717) is 5.69 Å².